The Kier molecular flexibility index (Phi) is 3.40. The molecular weight excluding hydrogens is 170 g/mol. The molecule has 0 aliphatic heterocycles. The van der Waals surface area contributed by atoms with E-state index in [2.05, 4.69) is 13.8 Å². The SMILES string of the molecule is CCC(C)Cc1ccc(F)cc1F. The van der Waals surface area contributed by atoms with E-state index < -0.39 is 11.6 Å². The van der Waals surface area contributed by atoms with Gasteiger partial charge in [0.1, 0.15) is 11.6 Å². The van der Waals surface area contributed by atoms with Crippen molar-refractivity contribution < 1.29 is 8.78 Å². The van der Waals surface area contributed by atoms with Crippen molar-refractivity contribution in [3.8, 4) is 0 Å². The highest BCUT2D eigenvalue weighted by atomic mass is 19.1. The molecule has 0 radical (unpaired) electrons. The Balaban J connectivity index is 2.77. The number of halogens is 2. The van der Waals surface area contributed by atoms with E-state index in [0.29, 0.717) is 17.9 Å². The van der Waals surface area contributed by atoms with Crippen LogP contribution in [0, 0.1) is 17.6 Å². The third-order valence-electron chi connectivity index (χ3n) is 2.28. The Hall–Kier alpha value is -0.920. The molecule has 1 rings (SSSR count). The summed E-state index contributed by atoms with van der Waals surface area (Å²) in [5, 5.41) is 0. The number of benzene rings is 1. The van der Waals surface area contributed by atoms with Crippen LogP contribution in [0.15, 0.2) is 18.2 Å². The minimum Gasteiger partial charge on any atom is -0.207 e. The Morgan fingerprint density at radius 1 is 1.31 bits per heavy atom. The maximum absolute atomic E-state index is 13.1. The highest BCUT2D eigenvalue weighted by molar-refractivity contribution is 5.18. The van der Waals surface area contributed by atoms with Gasteiger partial charge in [-0.3, -0.25) is 0 Å². The van der Waals surface area contributed by atoms with E-state index in [9.17, 15) is 8.78 Å². The van der Waals surface area contributed by atoms with Gasteiger partial charge >= 0.3 is 0 Å². The van der Waals surface area contributed by atoms with E-state index >= 15 is 0 Å². The summed E-state index contributed by atoms with van der Waals surface area (Å²) in [6.07, 6.45) is 1.69. The first-order chi connectivity index (χ1) is 6.13. The molecule has 1 unspecified atom stereocenters. The van der Waals surface area contributed by atoms with Gasteiger partial charge in [0.2, 0.25) is 0 Å². The molecule has 0 aliphatic carbocycles. The van der Waals surface area contributed by atoms with E-state index in [1.54, 1.807) is 0 Å². The van der Waals surface area contributed by atoms with Crippen molar-refractivity contribution in [3.63, 3.8) is 0 Å². The predicted octanol–water partition coefficient (Wildman–Crippen LogP) is 3.55. The topological polar surface area (TPSA) is 0 Å². The van der Waals surface area contributed by atoms with Crippen molar-refractivity contribution >= 4 is 0 Å². The van der Waals surface area contributed by atoms with Crippen molar-refractivity contribution in [3.05, 3.63) is 35.4 Å². The van der Waals surface area contributed by atoms with E-state index in [0.717, 1.165) is 12.5 Å². The van der Waals surface area contributed by atoms with Crippen molar-refractivity contribution in [2.45, 2.75) is 26.7 Å². The fraction of sp³-hybridized carbons (Fsp3) is 0.455. The molecular formula is C11H14F2. The Labute approximate surface area is 77.6 Å². The summed E-state index contributed by atoms with van der Waals surface area (Å²) in [7, 11) is 0. The lowest BCUT2D eigenvalue weighted by Crippen LogP contribution is -2.00. The van der Waals surface area contributed by atoms with Gasteiger partial charge in [-0.2, -0.15) is 0 Å². The van der Waals surface area contributed by atoms with E-state index in [-0.39, 0.29) is 0 Å². The molecule has 13 heavy (non-hydrogen) atoms. The maximum Gasteiger partial charge on any atom is 0.129 e. The molecule has 2 heteroatoms. The number of hydrogen-bond acceptors (Lipinski definition) is 0. The molecule has 72 valence electrons. The van der Waals surface area contributed by atoms with Crippen LogP contribution >= 0.6 is 0 Å². The van der Waals surface area contributed by atoms with Gasteiger partial charge in [0.15, 0.2) is 0 Å². The van der Waals surface area contributed by atoms with Crippen LogP contribution in [0.4, 0.5) is 8.78 Å². The molecule has 0 aliphatic rings. The smallest absolute Gasteiger partial charge is 0.129 e. The van der Waals surface area contributed by atoms with Crippen LogP contribution < -0.4 is 0 Å². The second kappa shape index (κ2) is 4.35. The molecule has 0 amide bonds. The second-order valence-electron chi connectivity index (χ2n) is 3.45. The van der Waals surface area contributed by atoms with Crippen LogP contribution in [-0.2, 0) is 6.42 Å². The molecule has 0 bridgehead atoms. The first kappa shape index (κ1) is 10.2. The molecule has 0 aromatic heterocycles. The van der Waals surface area contributed by atoms with Crippen LogP contribution in [0.2, 0.25) is 0 Å². The molecule has 1 aromatic carbocycles. The van der Waals surface area contributed by atoms with Gasteiger partial charge in [-0.15, -0.1) is 0 Å². The molecule has 0 fully saturated rings. The average Bonchev–Trinajstić information content (AvgIpc) is 2.09. The number of hydrogen-bond donors (Lipinski definition) is 0. The molecule has 1 aromatic rings. The third-order valence-corrected chi connectivity index (χ3v) is 2.28. The van der Waals surface area contributed by atoms with Crippen LogP contribution in [0.25, 0.3) is 0 Å². The van der Waals surface area contributed by atoms with E-state index in [1.165, 1.54) is 12.1 Å². The highest BCUT2D eigenvalue weighted by Crippen LogP contribution is 2.15. The predicted molar refractivity (Wildman–Crippen MR) is 49.5 cm³/mol. The van der Waals surface area contributed by atoms with Gasteiger partial charge < -0.3 is 0 Å². The lowest BCUT2D eigenvalue weighted by atomic mass is 9.99. The van der Waals surface area contributed by atoms with Gasteiger partial charge in [0.05, 0.1) is 0 Å². The van der Waals surface area contributed by atoms with E-state index in [4.69, 9.17) is 0 Å². The normalized spacial score (nSPS) is 12.9. The van der Waals surface area contributed by atoms with Gasteiger partial charge in [-0.05, 0) is 24.0 Å². The monoisotopic (exact) mass is 184 g/mol. The summed E-state index contributed by atoms with van der Waals surface area (Å²) < 4.78 is 25.6. The minimum absolute atomic E-state index is 0.430. The summed E-state index contributed by atoms with van der Waals surface area (Å²) >= 11 is 0. The molecule has 0 saturated heterocycles. The number of rotatable bonds is 3. The van der Waals surface area contributed by atoms with Gasteiger partial charge in [-0.1, -0.05) is 26.3 Å². The van der Waals surface area contributed by atoms with Crippen LogP contribution in [0.1, 0.15) is 25.8 Å². The lowest BCUT2D eigenvalue weighted by Gasteiger charge is -2.08. The average molecular weight is 184 g/mol. The van der Waals surface area contributed by atoms with Gasteiger partial charge in [0.25, 0.3) is 0 Å². The zero-order valence-corrected chi connectivity index (χ0v) is 7.98. The van der Waals surface area contributed by atoms with Crippen molar-refractivity contribution in [1.29, 1.82) is 0 Å². The summed E-state index contributed by atoms with van der Waals surface area (Å²) in [4.78, 5) is 0. The second-order valence-corrected chi connectivity index (χ2v) is 3.45. The zero-order chi connectivity index (χ0) is 9.84. The molecule has 0 spiro atoms. The standard InChI is InChI=1S/C11H14F2/c1-3-8(2)6-9-4-5-10(12)7-11(9)13/h4-5,7-8H,3,6H2,1-2H3. The molecule has 0 N–H and O–H groups in total. The van der Waals surface area contributed by atoms with Gasteiger partial charge in [0, 0.05) is 6.07 Å². The van der Waals surface area contributed by atoms with Crippen molar-refractivity contribution in [1.82, 2.24) is 0 Å². The lowest BCUT2D eigenvalue weighted by molar-refractivity contribution is 0.522. The first-order valence-electron chi connectivity index (χ1n) is 4.57. The molecule has 0 nitrogen and oxygen atoms in total. The largest absolute Gasteiger partial charge is 0.207 e. The van der Waals surface area contributed by atoms with Crippen molar-refractivity contribution in [2.24, 2.45) is 5.92 Å². The van der Waals surface area contributed by atoms with E-state index in [1.807, 2.05) is 0 Å². The summed E-state index contributed by atoms with van der Waals surface area (Å²) in [5.74, 6) is -0.495. The minimum atomic E-state index is -0.509. The Morgan fingerprint density at radius 2 is 2.00 bits per heavy atom. The fourth-order valence-corrected chi connectivity index (χ4v) is 1.21. The van der Waals surface area contributed by atoms with Gasteiger partial charge in [-0.25, -0.2) is 8.78 Å². The Bertz CT molecular complexity index is 281. The third kappa shape index (κ3) is 2.79. The fourth-order valence-electron chi connectivity index (χ4n) is 1.21. The van der Waals surface area contributed by atoms with Crippen LogP contribution in [-0.4, -0.2) is 0 Å². The molecule has 0 heterocycles. The Morgan fingerprint density at radius 3 is 2.54 bits per heavy atom. The first-order valence-corrected chi connectivity index (χ1v) is 4.57. The zero-order valence-electron chi connectivity index (χ0n) is 7.98. The van der Waals surface area contributed by atoms with Crippen molar-refractivity contribution in [2.75, 3.05) is 0 Å². The summed E-state index contributed by atoms with van der Waals surface area (Å²) in [6.45, 7) is 4.12. The highest BCUT2D eigenvalue weighted by Gasteiger charge is 2.06. The molecule has 1 atom stereocenters. The van der Waals surface area contributed by atoms with Crippen LogP contribution in [0.3, 0.4) is 0 Å². The maximum atomic E-state index is 13.1. The van der Waals surface area contributed by atoms with Crippen LogP contribution in [0.5, 0.6) is 0 Å². The summed E-state index contributed by atoms with van der Waals surface area (Å²) in [5.41, 5.74) is 0.607. The summed E-state index contributed by atoms with van der Waals surface area (Å²) in [6, 6.07) is 3.77. The quantitative estimate of drug-likeness (QED) is 0.673. The molecule has 0 saturated carbocycles.